The van der Waals surface area contributed by atoms with Gasteiger partial charge in [-0.3, -0.25) is 9.59 Å². The lowest BCUT2D eigenvalue weighted by Crippen LogP contribution is -2.50. The average molecular weight is 462 g/mol. The molecule has 11 heteroatoms. The van der Waals surface area contributed by atoms with Crippen molar-refractivity contribution in [1.29, 1.82) is 0 Å². The lowest BCUT2D eigenvalue weighted by molar-refractivity contribution is -0.132. The number of rotatable bonds is 7. The van der Waals surface area contributed by atoms with Gasteiger partial charge in [0.15, 0.2) is 0 Å². The molecular weight excluding hydrogens is 442 g/mol. The van der Waals surface area contributed by atoms with Gasteiger partial charge in [-0.05, 0) is 30.0 Å². The summed E-state index contributed by atoms with van der Waals surface area (Å²) in [4.78, 5) is 25.8. The Morgan fingerprint density at radius 2 is 1.89 bits per heavy atom. The van der Waals surface area contributed by atoms with Crippen molar-refractivity contribution < 1.29 is 18.0 Å². The van der Waals surface area contributed by atoms with Crippen LogP contribution in [0.5, 0.6) is 0 Å². The Kier molecular flexibility index (Phi) is 7.10. The minimum atomic E-state index is -3.56. The van der Waals surface area contributed by atoms with Crippen molar-refractivity contribution in [1.82, 2.24) is 14.5 Å². The topological polar surface area (TPSA) is 86.8 Å². The molecule has 0 unspecified atom stereocenters. The van der Waals surface area contributed by atoms with Gasteiger partial charge in [-0.2, -0.15) is 15.6 Å². The number of sulfonamides is 1. The van der Waals surface area contributed by atoms with Crippen molar-refractivity contribution in [2.45, 2.75) is 17.1 Å². The van der Waals surface area contributed by atoms with Crippen LogP contribution in [0.1, 0.15) is 23.2 Å². The quantitative estimate of drug-likeness (QED) is 0.642. The smallest absolute Gasteiger partial charge is 0.252 e. The highest BCUT2D eigenvalue weighted by Gasteiger charge is 2.30. The van der Waals surface area contributed by atoms with Crippen LogP contribution in [0.25, 0.3) is 0 Å². The summed E-state index contributed by atoms with van der Waals surface area (Å²) in [5, 5.41) is 6.40. The largest absolute Gasteiger partial charge is 0.352 e. The molecule has 2 aromatic heterocycles. The van der Waals surface area contributed by atoms with Crippen LogP contribution in [0.2, 0.25) is 4.34 Å². The van der Waals surface area contributed by atoms with Gasteiger partial charge in [0.25, 0.3) is 15.9 Å². The summed E-state index contributed by atoms with van der Waals surface area (Å²) >= 11 is 8.33. The average Bonchev–Trinajstić information content (AvgIpc) is 3.37. The molecule has 0 aliphatic carbocycles. The van der Waals surface area contributed by atoms with Crippen LogP contribution in [0.3, 0.4) is 0 Å². The van der Waals surface area contributed by atoms with Crippen LogP contribution in [-0.2, 0) is 14.8 Å². The molecule has 2 amide bonds. The van der Waals surface area contributed by atoms with Gasteiger partial charge in [0.2, 0.25) is 5.91 Å². The highest BCUT2D eigenvalue weighted by Crippen LogP contribution is 2.28. The van der Waals surface area contributed by atoms with E-state index in [0.717, 1.165) is 11.3 Å². The van der Waals surface area contributed by atoms with Crippen LogP contribution in [0.15, 0.2) is 33.2 Å². The summed E-state index contributed by atoms with van der Waals surface area (Å²) in [6, 6.07) is 4.82. The van der Waals surface area contributed by atoms with Crippen molar-refractivity contribution in [3.8, 4) is 0 Å². The number of carbonyl (C=O) groups is 2. The zero-order valence-corrected chi connectivity index (χ0v) is 18.2. The van der Waals surface area contributed by atoms with E-state index in [1.54, 1.807) is 22.4 Å². The van der Waals surface area contributed by atoms with E-state index in [4.69, 9.17) is 11.6 Å². The van der Waals surface area contributed by atoms with Crippen molar-refractivity contribution in [2.24, 2.45) is 0 Å². The maximum atomic E-state index is 12.6. The van der Waals surface area contributed by atoms with E-state index in [9.17, 15) is 18.0 Å². The number of piperazine rings is 1. The molecule has 1 aliphatic rings. The number of hydrogen-bond acceptors (Lipinski definition) is 6. The van der Waals surface area contributed by atoms with Crippen LogP contribution in [0.4, 0.5) is 0 Å². The minimum Gasteiger partial charge on any atom is -0.352 e. The second-order valence-corrected chi connectivity index (χ2v) is 10.9. The van der Waals surface area contributed by atoms with Gasteiger partial charge in [0.1, 0.15) is 4.21 Å². The highest BCUT2D eigenvalue weighted by atomic mass is 35.5. The van der Waals surface area contributed by atoms with E-state index in [0.29, 0.717) is 42.4 Å². The maximum absolute atomic E-state index is 12.6. The van der Waals surface area contributed by atoms with Gasteiger partial charge >= 0.3 is 0 Å². The fourth-order valence-corrected chi connectivity index (χ4v) is 6.53. The first-order chi connectivity index (χ1) is 13.4. The highest BCUT2D eigenvalue weighted by molar-refractivity contribution is 7.91. The van der Waals surface area contributed by atoms with E-state index in [2.05, 4.69) is 5.32 Å². The molecule has 1 fully saturated rings. The van der Waals surface area contributed by atoms with Crippen LogP contribution in [-0.4, -0.2) is 62.2 Å². The predicted molar refractivity (Wildman–Crippen MR) is 111 cm³/mol. The first kappa shape index (κ1) is 21.3. The number of amides is 2. The van der Waals surface area contributed by atoms with Crippen LogP contribution in [0, 0.1) is 0 Å². The number of carbonyl (C=O) groups excluding carboxylic acids is 2. The van der Waals surface area contributed by atoms with Gasteiger partial charge in [0, 0.05) is 50.1 Å². The molecule has 3 heterocycles. The Bertz CT molecular complexity index is 919. The van der Waals surface area contributed by atoms with E-state index >= 15 is 0 Å². The van der Waals surface area contributed by atoms with Gasteiger partial charge in [-0.25, -0.2) is 8.42 Å². The van der Waals surface area contributed by atoms with Crippen molar-refractivity contribution in [2.75, 3.05) is 32.7 Å². The van der Waals surface area contributed by atoms with E-state index in [1.807, 2.05) is 5.38 Å². The first-order valence-electron chi connectivity index (χ1n) is 8.71. The van der Waals surface area contributed by atoms with E-state index in [-0.39, 0.29) is 29.1 Å². The minimum absolute atomic E-state index is 0.0269. The summed E-state index contributed by atoms with van der Waals surface area (Å²) in [6.45, 7) is 1.67. The van der Waals surface area contributed by atoms with Crippen LogP contribution >= 0.6 is 34.3 Å². The molecular formula is C17H20ClN3O4S3. The number of thiophene rings is 2. The molecule has 0 radical (unpaired) electrons. The molecule has 0 saturated carbocycles. The zero-order valence-electron chi connectivity index (χ0n) is 15.0. The number of nitrogens with one attached hydrogen (secondary N) is 1. The monoisotopic (exact) mass is 461 g/mol. The van der Waals surface area contributed by atoms with E-state index in [1.165, 1.54) is 21.7 Å². The Morgan fingerprint density at radius 1 is 1.14 bits per heavy atom. The molecule has 7 nitrogen and oxygen atoms in total. The number of halogens is 1. The molecule has 152 valence electrons. The summed E-state index contributed by atoms with van der Waals surface area (Å²) in [6.07, 6.45) is 0.859. The Balaban J connectivity index is 1.41. The molecule has 3 rings (SSSR count). The van der Waals surface area contributed by atoms with Gasteiger partial charge in [0.05, 0.1) is 4.34 Å². The Morgan fingerprint density at radius 3 is 2.50 bits per heavy atom. The SMILES string of the molecule is O=C(NCCCC(=O)N1CCN(S(=O)(=O)c2ccc(Cl)s2)CC1)c1ccsc1. The molecule has 1 saturated heterocycles. The third-order valence-electron chi connectivity index (χ3n) is 4.37. The fraction of sp³-hybridized carbons (Fsp3) is 0.412. The normalized spacial score (nSPS) is 15.5. The van der Waals surface area contributed by atoms with Crippen molar-refractivity contribution >= 4 is 56.1 Å². The van der Waals surface area contributed by atoms with E-state index < -0.39 is 10.0 Å². The number of nitrogens with zero attached hydrogens (tertiary/aromatic N) is 2. The molecule has 0 aromatic carbocycles. The molecule has 1 N–H and O–H groups in total. The number of hydrogen-bond donors (Lipinski definition) is 1. The van der Waals surface area contributed by atoms with Gasteiger partial charge in [-0.1, -0.05) is 11.6 Å². The second-order valence-electron chi connectivity index (χ2n) is 6.21. The van der Waals surface area contributed by atoms with Crippen LogP contribution < -0.4 is 5.32 Å². The first-order valence-corrected chi connectivity index (χ1v) is 12.3. The third kappa shape index (κ3) is 5.12. The summed E-state index contributed by atoms with van der Waals surface area (Å²) in [5.41, 5.74) is 0.626. The third-order valence-corrected chi connectivity index (χ3v) is 8.65. The standard InChI is InChI=1S/C17H20ClN3O4S3/c18-14-3-4-16(27-14)28(24,25)21-9-7-20(8-10-21)15(22)2-1-6-19-17(23)13-5-11-26-12-13/h3-5,11-12H,1-2,6-10H2,(H,19,23). The maximum Gasteiger partial charge on any atom is 0.252 e. The molecule has 2 aromatic rings. The lowest BCUT2D eigenvalue weighted by atomic mass is 10.2. The van der Waals surface area contributed by atoms with Gasteiger partial charge in [-0.15, -0.1) is 11.3 Å². The fourth-order valence-electron chi connectivity index (χ4n) is 2.84. The lowest BCUT2D eigenvalue weighted by Gasteiger charge is -2.33. The molecule has 0 atom stereocenters. The Labute approximate surface area is 177 Å². The second kappa shape index (κ2) is 9.36. The van der Waals surface area contributed by atoms with Gasteiger partial charge < -0.3 is 10.2 Å². The van der Waals surface area contributed by atoms with Crippen molar-refractivity contribution in [3.63, 3.8) is 0 Å². The zero-order chi connectivity index (χ0) is 20.1. The van der Waals surface area contributed by atoms with Crippen molar-refractivity contribution in [3.05, 3.63) is 38.9 Å². The predicted octanol–water partition coefficient (Wildman–Crippen LogP) is 2.51. The molecule has 0 bridgehead atoms. The summed E-state index contributed by atoms with van der Waals surface area (Å²) in [5.74, 6) is -0.165. The molecule has 1 aliphatic heterocycles. The summed E-state index contributed by atoms with van der Waals surface area (Å²) < 4.78 is 27.2. The summed E-state index contributed by atoms with van der Waals surface area (Å²) in [7, 11) is -3.56. The molecule has 0 spiro atoms. The molecule has 28 heavy (non-hydrogen) atoms. The Hall–Kier alpha value is -1.46.